The van der Waals surface area contributed by atoms with Gasteiger partial charge in [0.1, 0.15) is 17.0 Å². The molecule has 3 N–H and O–H groups in total. The molecule has 0 radical (unpaired) electrons. The number of carbonyl (C=O) groups excluding carboxylic acids is 1. The van der Waals surface area contributed by atoms with Gasteiger partial charge in [-0.2, -0.15) is 0 Å². The molecule has 1 amide bonds. The molecule has 138 valence electrons. The third-order valence-corrected chi connectivity index (χ3v) is 5.67. The van der Waals surface area contributed by atoms with Crippen LogP contribution in [0.25, 0.3) is 11.3 Å². The lowest BCUT2D eigenvalue weighted by Gasteiger charge is -2.27. The van der Waals surface area contributed by atoms with Gasteiger partial charge >= 0.3 is 0 Å². The summed E-state index contributed by atoms with van der Waals surface area (Å²) in [5.41, 5.74) is 8.88. The Balaban J connectivity index is 1.38. The van der Waals surface area contributed by atoms with Crippen LogP contribution >= 0.6 is 0 Å². The van der Waals surface area contributed by atoms with Crippen molar-refractivity contribution in [1.82, 2.24) is 21.3 Å². The van der Waals surface area contributed by atoms with Gasteiger partial charge in [-0.3, -0.25) is 15.6 Å². The van der Waals surface area contributed by atoms with Gasteiger partial charge in [-0.25, -0.2) is 0 Å². The van der Waals surface area contributed by atoms with Crippen molar-refractivity contribution < 1.29 is 9.32 Å². The number of aromatic nitrogens is 1. The summed E-state index contributed by atoms with van der Waals surface area (Å²) in [5, 5.41) is 7.14. The number of aryl methyl sites for hydroxylation is 1. The Morgan fingerprint density at radius 3 is 2.88 bits per heavy atom. The second-order valence-corrected chi connectivity index (χ2v) is 7.32. The molecule has 2 fully saturated rings. The normalized spacial score (nSPS) is 25.0. The molecule has 1 aliphatic heterocycles. The molecule has 6 heteroatoms. The van der Waals surface area contributed by atoms with Gasteiger partial charge in [-0.05, 0) is 32.1 Å². The molecule has 2 aromatic rings. The van der Waals surface area contributed by atoms with Crippen LogP contribution in [-0.2, 0) is 0 Å². The molecule has 1 saturated heterocycles. The first-order valence-corrected chi connectivity index (χ1v) is 9.55. The van der Waals surface area contributed by atoms with E-state index in [0.29, 0.717) is 41.6 Å². The van der Waals surface area contributed by atoms with E-state index >= 15 is 0 Å². The third kappa shape index (κ3) is 3.39. The van der Waals surface area contributed by atoms with Crippen molar-refractivity contribution in [3.05, 3.63) is 41.7 Å². The Morgan fingerprint density at radius 1 is 1.23 bits per heavy atom. The van der Waals surface area contributed by atoms with Crippen LogP contribution in [0, 0.1) is 12.8 Å². The average Bonchev–Trinajstić information content (AvgIpc) is 3.26. The minimum absolute atomic E-state index is 0.117. The van der Waals surface area contributed by atoms with Crippen LogP contribution in [0.15, 0.2) is 34.9 Å². The molecule has 6 nitrogen and oxygen atoms in total. The highest BCUT2D eigenvalue weighted by Crippen LogP contribution is 2.31. The number of hydrogen-bond donors (Lipinski definition) is 3. The topological polar surface area (TPSA) is 79.2 Å². The fourth-order valence-corrected chi connectivity index (χ4v) is 4.29. The van der Waals surface area contributed by atoms with Crippen molar-refractivity contribution >= 4 is 5.91 Å². The minimum atomic E-state index is -0.117. The van der Waals surface area contributed by atoms with Crippen LogP contribution in [-0.4, -0.2) is 29.7 Å². The molecule has 4 rings (SSSR count). The van der Waals surface area contributed by atoms with Gasteiger partial charge in [0.2, 0.25) is 0 Å². The molecule has 2 aliphatic rings. The van der Waals surface area contributed by atoms with Crippen LogP contribution in [0.4, 0.5) is 0 Å². The summed E-state index contributed by atoms with van der Waals surface area (Å²) in [5.74, 6) is 1.11. The summed E-state index contributed by atoms with van der Waals surface area (Å²) in [6.07, 6.45) is 6.07. The summed E-state index contributed by atoms with van der Waals surface area (Å²) >= 11 is 0. The number of fused-ring (bicyclic) bond motifs is 1. The monoisotopic (exact) mass is 354 g/mol. The number of benzene rings is 1. The zero-order valence-corrected chi connectivity index (χ0v) is 15.1. The van der Waals surface area contributed by atoms with Gasteiger partial charge < -0.3 is 9.84 Å². The first-order chi connectivity index (χ1) is 12.7. The molecule has 0 spiro atoms. The fraction of sp³-hybridized carbons (Fsp3) is 0.500. The maximum Gasteiger partial charge on any atom is 0.257 e. The van der Waals surface area contributed by atoms with E-state index in [1.54, 1.807) is 6.92 Å². The molecule has 1 aliphatic carbocycles. The zero-order chi connectivity index (χ0) is 17.9. The molecule has 26 heavy (non-hydrogen) atoms. The van der Waals surface area contributed by atoms with Crippen LogP contribution in [0.5, 0.6) is 0 Å². The van der Waals surface area contributed by atoms with Gasteiger partial charge in [0.25, 0.3) is 5.91 Å². The summed E-state index contributed by atoms with van der Waals surface area (Å²) in [6, 6.07) is 10.7. The smallest absolute Gasteiger partial charge is 0.257 e. The zero-order valence-electron chi connectivity index (χ0n) is 15.1. The summed E-state index contributed by atoms with van der Waals surface area (Å²) < 4.78 is 5.29. The van der Waals surface area contributed by atoms with Gasteiger partial charge in [0.15, 0.2) is 0 Å². The molecule has 1 aromatic carbocycles. The standard InChI is InChI=1S/C20H26N4O2/c1-13-18(19(24-26-13)14-7-3-2-4-8-14)20(25)21-12-11-17-15-9-5-6-10-16(15)22-23-17/h2-4,7-8,15-17,22-23H,5-6,9-12H2,1H3,(H,21,25). The predicted molar refractivity (Wildman–Crippen MR) is 99.4 cm³/mol. The van der Waals surface area contributed by atoms with E-state index in [-0.39, 0.29) is 5.91 Å². The number of carbonyl (C=O) groups is 1. The van der Waals surface area contributed by atoms with Crippen LogP contribution in [0.1, 0.15) is 48.2 Å². The van der Waals surface area contributed by atoms with Crippen molar-refractivity contribution in [1.29, 1.82) is 0 Å². The molecule has 0 bridgehead atoms. The maximum atomic E-state index is 12.7. The van der Waals surface area contributed by atoms with Crippen molar-refractivity contribution in [2.75, 3.05) is 6.54 Å². The second kappa shape index (κ2) is 7.60. The number of hydrogen-bond acceptors (Lipinski definition) is 5. The highest BCUT2D eigenvalue weighted by Gasteiger charge is 2.36. The van der Waals surface area contributed by atoms with E-state index in [1.807, 2.05) is 30.3 Å². The van der Waals surface area contributed by atoms with Crippen molar-refractivity contribution in [3.8, 4) is 11.3 Å². The first kappa shape index (κ1) is 17.2. The highest BCUT2D eigenvalue weighted by atomic mass is 16.5. The first-order valence-electron chi connectivity index (χ1n) is 9.55. The number of nitrogens with one attached hydrogen (secondary N) is 3. The molecule has 2 heterocycles. The van der Waals surface area contributed by atoms with Crippen molar-refractivity contribution in [2.45, 2.75) is 51.1 Å². The van der Waals surface area contributed by atoms with E-state index in [9.17, 15) is 4.79 Å². The van der Waals surface area contributed by atoms with Crippen LogP contribution in [0.2, 0.25) is 0 Å². The molecule has 1 aromatic heterocycles. The van der Waals surface area contributed by atoms with Gasteiger partial charge in [-0.1, -0.05) is 48.3 Å². The highest BCUT2D eigenvalue weighted by molar-refractivity contribution is 6.00. The average molecular weight is 354 g/mol. The van der Waals surface area contributed by atoms with Gasteiger partial charge in [0, 0.05) is 24.2 Å². The van der Waals surface area contributed by atoms with Gasteiger partial charge in [-0.15, -0.1) is 0 Å². The van der Waals surface area contributed by atoms with E-state index < -0.39 is 0 Å². The Morgan fingerprint density at radius 2 is 2.04 bits per heavy atom. The summed E-state index contributed by atoms with van der Waals surface area (Å²) in [7, 11) is 0. The number of rotatable bonds is 5. The Bertz CT molecular complexity index is 758. The Hall–Kier alpha value is -2.18. The second-order valence-electron chi connectivity index (χ2n) is 7.32. The number of hydrazine groups is 1. The van der Waals surface area contributed by atoms with Crippen LogP contribution < -0.4 is 16.2 Å². The maximum absolute atomic E-state index is 12.7. The third-order valence-electron chi connectivity index (χ3n) is 5.67. The molecule has 1 saturated carbocycles. The Kier molecular flexibility index (Phi) is 5.04. The minimum Gasteiger partial charge on any atom is -0.360 e. The molecular formula is C20H26N4O2. The number of nitrogens with zero attached hydrogens (tertiary/aromatic N) is 1. The quantitative estimate of drug-likeness (QED) is 0.769. The molecule has 3 unspecified atom stereocenters. The van der Waals surface area contributed by atoms with E-state index in [2.05, 4.69) is 21.3 Å². The fourth-order valence-electron chi connectivity index (χ4n) is 4.29. The van der Waals surface area contributed by atoms with E-state index in [4.69, 9.17) is 4.52 Å². The molecule has 3 atom stereocenters. The van der Waals surface area contributed by atoms with Crippen LogP contribution in [0.3, 0.4) is 0 Å². The van der Waals surface area contributed by atoms with Crippen molar-refractivity contribution in [3.63, 3.8) is 0 Å². The SMILES string of the molecule is Cc1onc(-c2ccccc2)c1C(=O)NCCC1NNC2CCCCC21. The lowest BCUT2D eigenvalue weighted by Crippen LogP contribution is -2.36. The predicted octanol–water partition coefficient (Wildman–Crippen LogP) is 2.81. The van der Waals surface area contributed by atoms with Gasteiger partial charge in [0.05, 0.1) is 0 Å². The van der Waals surface area contributed by atoms with Crippen molar-refractivity contribution in [2.24, 2.45) is 5.92 Å². The molecular weight excluding hydrogens is 328 g/mol. The summed E-state index contributed by atoms with van der Waals surface area (Å²) in [4.78, 5) is 12.7. The number of amides is 1. The van der Waals surface area contributed by atoms with E-state index in [0.717, 1.165) is 12.0 Å². The van der Waals surface area contributed by atoms with E-state index in [1.165, 1.54) is 25.7 Å². The Labute approximate surface area is 153 Å². The largest absolute Gasteiger partial charge is 0.360 e. The lowest BCUT2D eigenvalue weighted by atomic mass is 9.81. The lowest BCUT2D eigenvalue weighted by molar-refractivity contribution is 0.0950. The summed E-state index contributed by atoms with van der Waals surface area (Å²) in [6.45, 7) is 2.42.